The molecule has 8 heteroatoms. The van der Waals surface area contributed by atoms with Gasteiger partial charge < -0.3 is 14.8 Å². The van der Waals surface area contributed by atoms with Gasteiger partial charge in [0.15, 0.2) is 16.6 Å². The number of hydrogen-bond donors (Lipinski definition) is 1. The van der Waals surface area contributed by atoms with Gasteiger partial charge in [0.25, 0.3) is 0 Å². The zero-order valence-corrected chi connectivity index (χ0v) is 19.7. The number of nitrogens with zero attached hydrogens (tertiary/aromatic N) is 4. The molecule has 0 fully saturated rings. The maximum Gasteiger partial charge on any atom is 0.231 e. The number of thiocarbonyl (C=S) groups is 1. The highest BCUT2D eigenvalue weighted by atomic mass is 32.1. The zero-order chi connectivity index (χ0) is 23.6. The summed E-state index contributed by atoms with van der Waals surface area (Å²) in [5, 5.41) is 10.9. The van der Waals surface area contributed by atoms with E-state index in [9.17, 15) is 0 Å². The average molecular weight is 482 g/mol. The largest absolute Gasteiger partial charge is 0.454 e. The minimum Gasteiger partial charge on any atom is -0.454 e. The fourth-order valence-electron chi connectivity index (χ4n) is 4.43. The minimum absolute atomic E-state index is 0.0569. The van der Waals surface area contributed by atoms with E-state index in [1.54, 1.807) is 12.4 Å². The molecule has 1 N–H and O–H groups in total. The van der Waals surface area contributed by atoms with Crippen molar-refractivity contribution >= 4 is 34.1 Å². The Morgan fingerprint density at radius 1 is 0.943 bits per heavy atom. The number of rotatable bonds is 5. The molecule has 1 unspecified atom stereocenters. The first-order valence-electron chi connectivity index (χ1n) is 11.5. The van der Waals surface area contributed by atoms with Crippen molar-refractivity contribution in [2.75, 3.05) is 13.3 Å². The molecule has 3 heterocycles. The lowest BCUT2D eigenvalue weighted by Gasteiger charge is -2.25. The van der Waals surface area contributed by atoms with E-state index in [4.69, 9.17) is 26.8 Å². The highest BCUT2D eigenvalue weighted by Crippen LogP contribution is 2.37. The van der Waals surface area contributed by atoms with E-state index in [2.05, 4.69) is 51.7 Å². The molecule has 2 aliphatic rings. The van der Waals surface area contributed by atoms with Crippen molar-refractivity contribution in [3.63, 3.8) is 0 Å². The molecule has 0 bridgehead atoms. The van der Waals surface area contributed by atoms with Gasteiger partial charge in [-0.2, -0.15) is 5.10 Å². The lowest BCUT2D eigenvalue weighted by Crippen LogP contribution is -2.37. The fraction of sp³-hybridized carbons (Fsp3) is 0.185. The first kappa shape index (κ1) is 21.5. The zero-order valence-electron chi connectivity index (χ0n) is 18.9. The van der Waals surface area contributed by atoms with Gasteiger partial charge in [-0.3, -0.25) is 9.97 Å². The van der Waals surface area contributed by atoms with E-state index >= 15 is 0 Å². The normalized spacial score (nSPS) is 16.4. The molecule has 0 amide bonds. The van der Waals surface area contributed by atoms with E-state index < -0.39 is 0 Å². The van der Waals surface area contributed by atoms with Crippen LogP contribution in [0.3, 0.4) is 0 Å². The smallest absolute Gasteiger partial charge is 0.231 e. The molecule has 35 heavy (non-hydrogen) atoms. The van der Waals surface area contributed by atoms with Gasteiger partial charge in [-0.1, -0.05) is 36.4 Å². The SMILES string of the molecule is S=C(NCCc1ccccc1)N1N=C(c2ccc3c(c2)OCO3)CC1c1ccc2nccnc2c1. The molecule has 0 saturated carbocycles. The van der Waals surface area contributed by atoms with Gasteiger partial charge in [0.2, 0.25) is 6.79 Å². The summed E-state index contributed by atoms with van der Waals surface area (Å²) in [4.78, 5) is 8.89. The van der Waals surface area contributed by atoms with E-state index in [0.717, 1.165) is 52.3 Å². The third kappa shape index (κ3) is 4.40. The monoisotopic (exact) mass is 481 g/mol. The molecule has 3 aromatic carbocycles. The lowest BCUT2D eigenvalue weighted by atomic mass is 9.98. The summed E-state index contributed by atoms with van der Waals surface area (Å²) < 4.78 is 11.1. The van der Waals surface area contributed by atoms with Crippen molar-refractivity contribution in [2.45, 2.75) is 18.9 Å². The number of hydrazone groups is 1. The van der Waals surface area contributed by atoms with Crippen LogP contribution in [0.25, 0.3) is 11.0 Å². The maximum absolute atomic E-state index is 5.82. The summed E-state index contributed by atoms with van der Waals surface area (Å²) in [5.41, 5.74) is 6.00. The third-order valence-corrected chi connectivity index (χ3v) is 6.57. The van der Waals surface area contributed by atoms with E-state index in [-0.39, 0.29) is 12.8 Å². The predicted octanol–water partition coefficient (Wildman–Crippen LogP) is 4.63. The van der Waals surface area contributed by atoms with Crippen LogP contribution in [0.1, 0.15) is 29.2 Å². The summed E-state index contributed by atoms with van der Waals surface area (Å²) in [6, 6.07) is 22.4. The topological polar surface area (TPSA) is 71.9 Å². The Morgan fingerprint density at radius 2 is 1.77 bits per heavy atom. The van der Waals surface area contributed by atoms with Gasteiger partial charge >= 0.3 is 0 Å². The standard InChI is InChI=1S/C27H23N5O2S/c35-27(30-11-10-18-4-2-1-3-5-18)32-24(20-6-8-21-23(14-20)29-13-12-28-21)16-22(31-32)19-7-9-25-26(15-19)34-17-33-25/h1-9,12-15,24H,10-11,16-17H2,(H,30,35). The van der Waals surface area contributed by atoms with Gasteiger partial charge in [-0.15, -0.1) is 0 Å². The molecule has 0 radical (unpaired) electrons. The Kier molecular flexibility index (Phi) is 5.71. The molecule has 174 valence electrons. The van der Waals surface area contributed by atoms with Crippen molar-refractivity contribution < 1.29 is 9.47 Å². The summed E-state index contributed by atoms with van der Waals surface area (Å²) in [7, 11) is 0. The molecule has 7 nitrogen and oxygen atoms in total. The van der Waals surface area contributed by atoms with Gasteiger partial charge in [0.05, 0.1) is 22.8 Å². The third-order valence-electron chi connectivity index (χ3n) is 6.24. The van der Waals surface area contributed by atoms with Crippen LogP contribution in [-0.4, -0.2) is 39.1 Å². The van der Waals surface area contributed by atoms with Crippen LogP contribution in [0.4, 0.5) is 0 Å². The van der Waals surface area contributed by atoms with E-state index in [1.807, 2.05) is 35.3 Å². The molecule has 6 rings (SSSR count). The number of benzene rings is 3. The second-order valence-electron chi connectivity index (χ2n) is 8.45. The highest BCUT2D eigenvalue weighted by Gasteiger charge is 2.32. The predicted molar refractivity (Wildman–Crippen MR) is 139 cm³/mol. The Morgan fingerprint density at radius 3 is 2.66 bits per heavy atom. The molecule has 0 aliphatic carbocycles. The van der Waals surface area contributed by atoms with Crippen molar-refractivity contribution in [2.24, 2.45) is 5.10 Å². The quantitative estimate of drug-likeness (QED) is 0.417. The number of hydrogen-bond acceptors (Lipinski definition) is 6. The summed E-state index contributed by atoms with van der Waals surface area (Å²) in [5.74, 6) is 1.50. The maximum atomic E-state index is 5.82. The van der Waals surface area contributed by atoms with Crippen LogP contribution in [0.2, 0.25) is 0 Å². The van der Waals surface area contributed by atoms with Crippen LogP contribution in [0.15, 0.2) is 84.2 Å². The lowest BCUT2D eigenvalue weighted by molar-refractivity contribution is 0.174. The van der Waals surface area contributed by atoms with Crippen LogP contribution in [-0.2, 0) is 6.42 Å². The number of nitrogens with one attached hydrogen (secondary N) is 1. The first-order valence-corrected chi connectivity index (χ1v) is 11.9. The van der Waals surface area contributed by atoms with Crippen molar-refractivity contribution in [3.8, 4) is 11.5 Å². The second-order valence-corrected chi connectivity index (χ2v) is 8.84. The molecule has 1 atom stereocenters. The molecule has 2 aliphatic heterocycles. The Hall–Kier alpha value is -4.04. The van der Waals surface area contributed by atoms with Crippen LogP contribution >= 0.6 is 12.2 Å². The number of fused-ring (bicyclic) bond motifs is 2. The minimum atomic E-state index is -0.0569. The van der Waals surface area contributed by atoms with Gasteiger partial charge in [0, 0.05) is 30.9 Å². The number of ether oxygens (including phenoxy) is 2. The van der Waals surface area contributed by atoms with Gasteiger partial charge in [-0.25, -0.2) is 5.01 Å². The molecule has 0 spiro atoms. The van der Waals surface area contributed by atoms with Gasteiger partial charge in [-0.05, 0) is 60.1 Å². The van der Waals surface area contributed by atoms with Crippen molar-refractivity contribution in [3.05, 3.63) is 95.8 Å². The van der Waals surface area contributed by atoms with Crippen LogP contribution in [0.5, 0.6) is 11.5 Å². The Labute approximate surface area is 208 Å². The molecule has 4 aromatic rings. The van der Waals surface area contributed by atoms with Gasteiger partial charge in [0.1, 0.15) is 0 Å². The highest BCUT2D eigenvalue weighted by molar-refractivity contribution is 7.80. The fourth-order valence-corrected chi connectivity index (χ4v) is 4.70. The molecular formula is C27H23N5O2S. The van der Waals surface area contributed by atoms with Crippen molar-refractivity contribution in [1.82, 2.24) is 20.3 Å². The van der Waals surface area contributed by atoms with Crippen molar-refractivity contribution in [1.29, 1.82) is 0 Å². The second kappa shape index (κ2) is 9.31. The number of aromatic nitrogens is 2. The summed E-state index contributed by atoms with van der Waals surface area (Å²) in [6.07, 6.45) is 5.00. The Balaban J connectivity index is 1.28. The van der Waals surface area contributed by atoms with Crippen LogP contribution < -0.4 is 14.8 Å². The summed E-state index contributed by atoms with van der Waals surface area (Å²) in [6.45, 7) is 0.970. The Bertz CT molecular complexity index is 1430. The van der Waals surface area contributed by atoms with Crippen LogP contribution in [0, 0.1) is 0 Å². The average Bonchev–Trinajstić information content (AvgIpc) is 3.56. The summed E-state index contributed by atoms with van der Waals surface area (Å²) >= 11 is 5.82. The molecule has 0 saturated heterocycles. The van der Waals surface area contributed by atoms with E-state index in [0.29, 0.717) is 11.5 Å². The van der Waals surface area contributed by atoms with E-state index in [1.165, 1.54) is 5.56 Å². The first-order chi connectivity index (χ1) is 17.2. The molecule has 1 aromatic heterocycles. The molecular weight excluding hydrogens is 458 g/mol.